The molecule has 4 atom stereocenters. The highest BCUT2D eigenvalue weighted by atomic mass is 16.5. The summed E-state index contributed by atoms with van der Waals surface area (Å²) in [6, 6.07) is 10.8. The van der Waals surface area contributed by atoms with Crippen LogP contribution in [0, 0.1) is 5.92 Å². The normalized spacial score (nSPS) is 29.6. The maximum Gasteiger partial charge on any atom is 0.323 e. The fourth-order valence-corrected chi connectivity index (χ4v) is 3.55. The van der Waals surface area contributed by atoms with Crippen molar-refractivity contribution in [2.45, 2.75) is 38.4 Å². The maximum absolute atomic E-state index is 12.3. The van der Waals surface area contributed by atoms with Crippen LogP contribution in [-0.2, 0) is 9.53 Å². The number of benzene rings is 1. The Morgan fingerprint density at radius 1 is 1.35 bits per heavy atom. The van der Waals surface area contributed by atoms with Crippen molar-refractivity contribution < 1.29 is 9.53 Å². The van der Waals surface area contributed by atoms with Crippen molar-refractivity contribution in [2.75, 3.05) is 6.61 Å². The van der Waals surface area contributed by atoms with Gasteiger partial charge in [0.25, 0.3) is 0 Å². The summed E-state index contributed by atoms with van der Waals surface area (Å²) in [6.45, 7) is 4.49. The Bertz CT molecular complexity index is 511. The third kappa shape index (κ3) is 2.16. The van der Waals surface area contributed by atoms with Gasteiger partial charge in [0, 0.05) is 18.0 Å². The van der Waals surface area contributed by atoms with Gasteiger partial charge in [0.2, 0.25) is 0 Å². The van der Waals surface area contributed by atoms with E-state index in [4.69, 9.17) is 4.74 Å². The molecule has 106 valence electrons. The first kappa shape index (κ1) is 13.4. The van der Waals surface area contributed by atoms with Gasteiger partial charge < -0.3 is 4.74 Å². The van der Waals surface area contributed by atoms with E-state index in [-0.39, 0.29) is 18.1 Å². The first-order chi connectivity index (χ1) is 9.72. The number of hydrogen-bond acceptors (Lipinski definition) is 3. The average Bonchev–Trinajstić information content (AvgIpc) is 3.08. The van der Waals surface area contributed by atoms with Crippen LogP contribution in [-0.4, -0.2) is 29.6 Å². The molecular weight excluding hydrogens is 250 g/mol. The van der Waals surface area contributed by atoms with E-state index in [1.807, 2.05) is 13.0 Å². The Morgan fingerprint density at radius 3 is 2.80 bits per heavy atom. The zero-order chi connectivity index (χ0) is 14.1. The lowest BCUT2D eigenvalue weighted by Gasteiger charge is -2.36. The van der Waals surface area contributed by atoms with Gasteiger partial charge in [0.15, 0.2) is 0 Å². The van der Waals surface area contributed by atoms with Gasteiger partial charge in [-0.15, -0.1) is 0 Å². The minimum absolute atomic E-state index is 0.0767. The zero-order valence-corrected chi connectivity index (χ0v) is 12.0. The Hall–Kier alpha value is -1.61. The highest BCUT2D eigenvalue weighted by molar-refractivity contribution is 5.77. The van der Waals surface area contributed by atoms with Crippen molar-refractivity contribution in [3.63, 3.8) is 0 Å². The fraction of sp³-hybridized carbons (Fsp3) is 0.471. The molecule has 2 bridgehead atoms. The van der Waals surface area contributed by atoms with E-state index in [1.165, 1.54) is 5.56 Å². The Kier molecular flexibility index (Phi) is 3.62. The van der Waals surface area contributed by atoms with Crippen LogP contribution < -0.4 is 0 Å². The minimum Gasteiger partial charge on any atom is -0.465 e. The molecule has 20 heavy (non-hydrogen) atoms. The molecule has 1 aromatic rings. The van der Waals surface area contributed by atoms with E-state index in [2.05, 4.69) is 48.2 Å². The third-order valence-corrected chi connectivity index (χ3v) is 4.46. The number of carbonyl (C=O) groups excluding carboxylic acids is 1. The number of hydrogen-bond donors (Lipinski definition) is 0. The van der Waals surface area contributed by atoms with Crippen LogP contribution in [0.2, 0.25) is 0 Å². The molecule has 0 N–H and O–H groups in total. The molecule has 1 heterocycles. The van der Waals surface area contributed by atoms with Crippen LogP contribution in [0.4, 0.5) is 0 Å². The van der Waals surface area contributed by atoms with Gasteiger partial charge in [-0.05, 0) is 25.8 Å². The van der Waals surface area contributed by atoms with Crippen molar-refractivity contribution >= 4 is 5.97 Å². The molecular formula is C17H21NO2. The van der Waals surface area contributed by atoms with Crippen LogP contribution in [0.3, 0.4) is 0 Å². The highest BCUT2D eigenvalue weighted by Gasteiger charge is 2.49. The lowest BCUT2D eigenvalue weighted by atomic mass is 9.99. The smallest absolute Gasteiger partial charge is 0.323 e. The van der Waals surface area contributed by atoms with Gasteiger partial charge in [-0.25, -0.2) is 0 Å². The second-order valence-electron chi connectivity index (χ2n) is 5.58. The molecule has 0 radical (unpaired) electrons. The first-order valence-corrected chi connectivity index (χ1v) is 7.39. The van der Waals surface area contributed by atoms with Gasteiger partial charge in [0.05, 0.1) is 6.61 Å². The van der Waals surface area contributed by atoms with E-state index >= 15 is 0 Å². The number of ether oxygens (including phenoxy) is 1. The number of esters is 1. The molecule has 0 spiro atoms. The molecule has 0 saturated carbocycles. The van der Waals surface area contributed by atoms with Gasteiger partial charge in [-0.1, -0.05) is 42.5 Å². The number of carbonyl (C=O) groups is 1. The molecule has 1 aliphatic carbocycles. The van der Waals surface area contributed by atoms with Crippen molar-refractivity contribution in [3.05, 3.63) is 48.0 Å². The molecule has 3 heteroatoms. The number of nitrogens with zero attached hydrogens (tertiary/aromatic N) is 1. The summed E-state index contributed by atoms with van der Waals surface area (Å²) in [5, 5.41) is 0. The van der Waals surface area contributed by atoms with Crippen molar-refractivity contribution in [3.8, 4) is 0 Å². The molecule has 0 amide bonds. The van der Waals surface area contributed by atoms with E-state index < -0.39 is 0 Å². The minimum atomic E-state index is -0.125. The topological polar surface area (TPSA) is 29.5 Å². The van der Waals surface area contributed by atoms with Gasteiger partial charge in [0.1, 0.15) is 6.04 Å². The molecule has 1 aliphatic heterocycles. The van der Waals surface area contributed by atoms with E-state index in [9.17, 15) is 4.79 Å². The molecule has 3 nitrogen and oxygen atoms in total. The Labute approximate surface area is 120 Å². The van der Waals surface area contributed by atoms with Crippen LogP contribution >= 0.6 is 0 Å². The molecule has 0 aromatic heterocycles. The number of rotatable bonds is 4. The predicted octanol–water partition coefficient (Wildman–Crippen LogP) is 2.94. The molecule has 1 saturated heterocycles. The molecule has 1 fully saturated rings. The van der Waals surface area contributed by atoms with Crippen molar-refractivity contribution in [1.29, 1.82) is 0 Å². The van der Waals surface area contributed by atoms with Crippen LogP contribution in [0.25, 0.3) is 0 Å². The van der Waals surface area contributed by atoms with E-state index in [1.54, 1.807) is 0 Å². The first-order valence-electron chi connectivity index (χ1n) is 7.39. The summed E-state index contributed by atoms with van der Waals surface area (Å²) in [6.07, 6.45) is 5.46. The van der Waals surface area contributed by atoms with Crippen LogP contribution in [0.5, 0.6) is 0 Å². The van der Waals surface area contributed by atoms with E-state index in [0.717, 1.165) is 6.42 Å². The summed E-state index contributed by atoms with van der Waals surface area (Å²) in [4.78, 5) is 14.6. The molecule has 1 unspecified atom stereocenters. The predicted molar refractivity (Wildman–Crippen MR) is 78.2 cm³/mol. The quantitative estimate of drug-likeness (QED) is 0.623. The van der Waals surface area contributed by atoms with Gasteiger partial charge in [-0.2, -0.15) is 0 Å². The maximum atomic E-state index is 12.3. The zero-order valence-electron chi connectivity index (χ0n) is 12.0. The second-order valence-corrected chi connectivity index (χ2v) is 5.58. The number of likely N-dealkylation sites (tertiary alicyclic amines) is 1. The lowest BCUT2D eigenvalue weighted by molar-refractivity contribution is -0.150. The second kappa shape index (κ2) is 5.41. The number of fused-ring (bicyclic) bond motifs is 2. The van der Waals surface area contributed by atoms with Gasteiger partial charge >= 0.3 is 5.97 Å². The SMILES string of the molecule is CCOC(=O)[C@@H]1[C@H]2C=C[C@H](C2)N1C(C)c1ccccc1. The summed E-state index contributed by atoms with van der Waals surface area (Å²) in [5.74, 6) is 0.234. The van der Waals surface area contributed by atoms with Crippen molar-refractivity contribution in [2.24, 2.45) is 5.92 Å². The van der Waals surface area contributed by atoms with Gasteiger partial charge in [-0.3, -0.25) is 9.69 Å². The molecule has 1 aromatic carbocycles. The fourth-order valence-electron chi connectivity index (χ4n) is 3.55. The Morgan fingerprint density at radius 2 is 2.10 bits per heavy atom. The third-order valence-electron chi connectivity index (χ3n) is 4.46. The van der Waals surface area contributed by atoms with Crippen LogP contribution in [0.15, 0.2) is 42.5 Å². The summed E-state index contributed by atoms with van der Waals surface area (Å²) >= 11 is 0. The van der Waals surface area contributed by atoms with Crippen molar-refractivity contribution in [1.82, 2.24) is 4.90 Å². The summed E-state index contributed by atoms with van der Waals surface area (Å²) in [5.41, 5.74) is 1.25. The Balaban J connectivity index is 1.87. The lowest BCUT2D eigenvalue weighted by Crippen LogP contribution is -2.46. The average molecular weight is 271 g/mol. The monoisotopic (exact) mass is 271 g/mol. The summed E-state index contributed by atoms with van der Waals surface area (Å²) in [7, 11) is 0. The molecule has 3 rings (SSSR count). The molecule has 2 aliphatic rings. The summed E-state index contributed by atoms with van der Waals surface area (Å²) < 4.78 is 5.28. The van der Waals surface area contributed by atoms with E-state index in [0.29, 0.717) is 18.6 Å². The standard InChI is InChI=1S/C17H21NO2/c1-3-20-17(19)16-14-9-10-15(11-14)18(16)12(2)13-7-5-4-6-8-13/h4-10,12,14-16H,3,11H2,1-2H3/t12?,14-,15+,16-/m0/s1. The highest BCUT2D eigenvalue weighted by Crippen LogP contribution is 2.42. The van der Waals surface area contributed by atoms with Crippen LogP contribution in [0.1, 0.15) is 31.9 Å². The largest absolute Gasteiger partial charge is 0.465 e.